The van der Waals surface area contributed by atoms with Crippen LogP contribution in [-0.4, -0.2) is 15.3 Å². The highest BCUT2D eigenvalue weighted by atomic mass is 32.2. The Hall–Kier alpha value is -1.08. The van der Waals surface area contributed by atoms with E-state index < -0.39 is 0 Å². The van der Waals surface area contributed by atoms with Gasteiger partial charge in [0.2, 0.25) is 0 Å². The number of nitrogens with zero attached hydrogens (tertiary/aromatic N) is 3. The molecule has 0 radical (unpaired) electrons. The van der Waals surface area contributed by atoms with Crippen LogP contribution < -0.4 is 5.73 Å². The van der Waals surface area contributed by atoms with E-state index in [-0.39, 0.29) is 0 Å². The summed E-state index contributed by atoms with van der Waals surface area (Å²) < 4.78 is 5.74. The largest absolute Gasteiger partial charge is 0.375 e. The van der Waals surface area contributed by atoms with Crippen molar-refractivity contribution in [2.45, 2.75) is 23.8 Å². The number of hydrogen-bond acceptors (Lipinski definition) is 7. The van der Waals surface area contributed by atoms with Gasteiger partial charge in [0, 0.05) is 5.75 Å². The molecule has 2 N–H and O–H groups in total. The molecule has 0 unspecified atom stereocenters. The van der Waals surface area contributed by atoms with Crippen molar-refractivity contribution >= 4 is 28.2 Å². The second-order valence-corrected chi connectivity index (χ2v) is 5.28. The first-order valence-electron chi connectivity index (χ1n) is 4.30. The molecule has 0 aliphatic heterocycles. The molecule has 0 spiro atoms. The van der Waals surface area contributed by atoms with Crippen LogP contribution in [0, 0.1) is 13.8 Å². The van der Waals surface area contributed by atoms with E-state index in [0.29, 0.717) is 5.13 Å². The highest BCUT2D eigenvalue weighted by molar-refractivity contribution is 8.00. The lowest BCUT2D eigenvalue weighted by Crippen LogP contribution is -1.84. The molecule has 7 heteroatoms. The van der Waals surface area contributed by atoms with Crippen LogP contribution in [0.3, 0.4) is 0 Å². The summed E-state index contributed by atoms with van der Waals surface area (Å²) in [6, 6.07) is 0. The quantitative estimate of drug-likeness (QED) is 0.830. The number of thiazole rings is 1. The zero-order valence-electron chi connectivity index (χ0n) is 8.35. The molecular weight excluding hydrogens is 232 g/mol. The Bertz CT molecular complexity index is 465. The minimum absolute atomic E-state index is 0.602. The summed E-state index contributed by atoms with van der Waals surface area (Å²) in [4.78, 5) is 4.15. The normalized spacial score (nSPS) is 10.8. The lowest BCUT2D eigenvalue weighted by molar-refractivity contribution is 0.302. The van der Waals surface area contributed by atoms with Gasteiger partial charge in [0.25, 0.3) is 0 Å². The number of thioether (sulfide) groups is 1. The van der Waals surface area contributed by atoms with E-state index in [1.165, 1.54) is 11.3 Å². The van der Waals surface area contributed by atoms with E-state index in [1.807, 2.05) is 13.8 Å². The predicted molar refractivity (Wildman–Crippen MR) is 59.9 cm³/mol. The van der Waals surface area contributed by atoms with Crippen molar-refractivity contribution in [1.82, 2.24) is 15.3 Å². The average molecular weight is 242 g/mol. The molecule has 0 atom stereocenters. The Balaban J connectivity index is 2.05. The van der Waals surface area contributed by atoms with Gasteiger partial charge < -0.3 is 5.73 Å². The van der Waals surface area contributed by atoms with Crippen molar-refractivity contribution in [2.75, 3.05) is 5.73 Å². The zero-order valence-corrected chi connectivity index (χ0v) is 9.98. The van der Waals surface area contributed by atoms with Gasteiger partial charge in [-0.3, -0.25) is 0 Å². The predicted octanol–water partition coefficient (Wildman–Crippen LogP) is 2.02. The van der Waals surface area contributed by atoms with Gasteiger partial charge >= 0.3 is 0 Å². The molecule has 0 saturated carbocycles. The lowest BCUT2D eigenvalue weighted by atomic mass is 10.4. The van der Waals surface area contributed by atoms with Crippen molar-refractivity contribution in [3.05, 3.63) is 17.1 Å². The molecule has 0 fully saturated rings. The summed E-state index contributed by atoms with van der Waals surface area (Å²) in [7, 11) is 0. The van der Waals surface area contributed by atoms with Gasteiger partial charge in [-0.2, -0.15) is 0 Å². The Morgan fingerprint density at radius 2 is 2.13 bits per heavy atom. The SMILES string of the molecule is Cc1nonc1CSc1sc(N)nc1C. The van der Waals surface area contributed by atoms with Crippen LogP contribution >= 0.6 is 23.1 Å². The number of aromatic nitrogens is 3. The third-order valence-corrected chi connectivity index (χ3v) is 4.22. The smallest absolute Gasteiger partial charge is 0.181 e. The third kappa shape index (κ3) is 2.29. The summed E-state index contributed by atoms with van der Waals surface area (Å²) in [6.07, 6.45) is 0. The molecule has 0 aliphatic carbocycles. The van der Waals surface area contributed by atoms with Gasteiger partial charge in [0.05, 0.1) is 9.90 Å². The van der Waals surface area contributed by atoms with Crippen LogP contribution in [0.15, 0.2) is 8.84 Å². The Morgan fingerprint density at radius 1 is 1.33 bits per heavy atom. The van der Waals surface area contributed by atoms with E-state index >= 15 is 0 Å². The molecule has 2 aromatic heterocycles. The highest BCUT2D eigenvalue weighted by Crippen LogP contribution is 2.32. The van der Waals surface area contributed by atoms with Crippen LogP contribution in [0.25, 0.3) is 0 Å². The molecule has 0 saturated heterocycles. The summed E-state index contributed by atoms with van der Waals surface area (Å²) in [5.41, 5.74) is 8.27. The van der Waals surface area contributed by atoms with Crippen molar-refractivity contribution in [1.29, 1.82) is 0 Å². The molecule has 0 amide bonds. The molecule has 0 bridgehead atoms. The van der Waals surface area contributed by atoms with Gasteiger partial charge in [-0.05, 0) is 13.8 Å². The van der Waals surface area contributed by atoms with Gasteiger partial charge in [-0.1, -0.05) is 21.7 Å². The van der Waals surface area contributed by atoms with E-state index in [0.717, 1.165) is 27.0 Å². The summed E-state index contributed by atoms with van der Waals surface area (Å²) in [5.74, 6) is 0.734. The van der Waals surface area contributed by atoms with Gasteiger partial charge in [0.15, 0.2) is 5.13 Å². The van der Waals surface area contributed by atoms with Crippen LogP contribution in [0.5, 0.6) is 0 Å². The van der Waals surface area contributed by atoms with Crippen LogP contribution in [-0.2, 0) is 5.75 Å². The van der Waals surface area contributed by atoms with Gasteiger partial charge in [-0.15, -0.1) is 11.8 Å². The molecule has 5 nitrogen and oxygen atoms in total. The molecule has 0 aliphatic rings. The van der Waals surface area contributed by atoms with Crippen LogP contribution in [0.2, 0.25) is 0 Å². The topological polar surface area (TPSA) is 77.8 Å². The standard InChI is InChI=1S/C8H10N4OS2/c1-4-6(12-13-11-4)3-14-7-5(2)10-8(9)15-7/h3H2,1-2H3,(H2,9,10). The van der Waals surface area contributed by atoms with E-state index in [9.17, 15) is 0 Å². The number of anilines is 1. The first-order valence-corrected chi connectivity index (χ1v) is 6.10. The second kappa shape index (κ2) is 4.19. The highest BCUT2D eigenvalue weighted by Gasteiger charge is 2.09. The van der Waals surface area contributed by atoms with E-state index in [2.05, 4.69) is 19.9 Å². The maximum Gasteiger partial charge on any atom is 0.181 e. The van der Waals surface area contributed by atoms with Gasteiger partial charge in [-0.25, -0.2) is 9.61 Å². The van der Waals surface area contributed by atoms with E-state index in [4.69, 9.17) is 5.73 Å². The summed E-state index contributed by atoms with van der Waals surface area (Å²) in [6.45, 7) is 3.82. The minimum atomic E-state index is 0.602. The van der Waals surface area contributed by atoms with Crippen LogP contribution in [0.1, 0.15) is 17.1 Å². The number of aryl methyl sites for hydroxylation is 2. The first kappa shape index (κ1) is 10.4. The summed E-state index contributed by atoms with van der Waals surface area (Å²) >= 11 is 3.15. The molecule has 2 rings (SSSR count). The van der Waals surface area contributed by atoms with Crippen molar-refractivity contribution in [3.8, 4) is 0 Å². The molecule has 2 aromatic rings. The maximum absolute atomic E-state index is 5.61. The fourth-order valence-electron chi connectivity index (χ4n) is 1.05. The molecule has 15 heavy (non-hydrogen) atoms. The van der Waals surface area contributed by atoms with Crippen molar-refractivity contribution in [2.24, 2.45) is 0 Å². The first-order chi connectivity index (χ1) is 7.16. The number of rotatable bonds is 3. The number of nitrogens with two attached hydrogens (primary N) is 1. The Labute approximate surface area is 95.0 Å². The van der Waals surface area contributed by atoms with Gasteiger partial charge in [0.1, 0.15) is 11.4 Å². The fourth-order valence-corrected chi connectivity index (χ4v) is 3.07. The van der Waals surface area contributed by atoms with E-state index in [1.54, 1.807) is 11.8 Å². The maximum atomic E-state index is 5.61. The third-order valence-electron chi connectivity index (χ3n) is 1.86. The second-order valence-electron chi connectivity index (χ2n) is 3.01. The number of hydrogen-bond donors (Lipinski definition) is 1. The molecule has 0 aromatic carbocycles. The lowest BCUT2D eigenvalue weighted by Gasteiger charge is -1.95. The van der Waals surface area contributed by atoms with Crippen molar-refractivity contribution in [3.63, 3.8) is 0 Å². The molecule has 2 heterocycles. The Kier molecular flexibility index (Phi) is 2.92. The molecule has 80 valence electrons. The summed E-state index contributed by atoms with van der Waals surface area (Å²) in [5, 5.41) is 8.14. The number of nitrogen functional groups attached to an aromatic ring is 1. The fraction of sp³-hybridized carbons (Fsp3) is 0.375. The van der Waals surface area contributed by atoms with Crippen molar-refractivity contribution < 1.29 is 4.63 Å². The zero-order chi connectivity index (χ0) is 10.8. The average Bonchev–Trinajstić information content (AvgIpc) is 2.70. The van der Waals surface area contributed by atoms with Crippen LogP contribution in [0.4, 0.5) is 5.13 Å². The monoisotopic (exact) mass is 242 g/mol. The Morgan fingerprint density at radius 3 is 2.67 bits per heavy atom. The molecular formula is C8H10N4OS2. The minimum Gasteiger partial charge on any atom is -0.375 e.